The van der Waals surface area contributed by atoms with Crippen molar-refractivity contribution >= 4 is 10.1 Å². The molecule has 0 aliphatic rings. The van der Waals surface area contributed by atoms with E-state index in [1.54, 1.807) is 0 Å². The third kappa shape index (κ3) is 13.3. The third-order valence-electron chi connectivity index (χ3n) is 3.99. The molecule has 0 aromatic rings. The van der Waals surface area contributed by atoms with E-state index in [-0.39, 0.29) is 6.61 Å². The Morgan fingerprint density at radius 1 is 0.762 bits per heavy atom. The molecule has 1 atom stereocenters. The van der Waals surface area contributed by atoms with E-state index in [0.29, 0.717) is 12.8 Å². The Labute approximate surface area is 131 Å². The van der Waals surface area contributed by atoms with Crippen LogP contribution in [-0.4, -0.2) is 29.9 Å². The Balaban J connectivity index is 3.77. The van der Waals surface area contributed by atoms with Crippen LogP contribution in [0.15, 0.2) is 0 Å². The molecule has 0 radical (unpaired) electrons. The average molecular weight is 323 g/mol. The highest BCUT2D eigenvalue weighted by molar-refractivity contribution is 7.86. The smallest absolute Gasteiger partial charge is 0.267 e. The molecular weight excluding hydrogens is 288 g/mol. The first kappa shape index (κ1) is 20.9. The van der Waals surface area contributed by atoms with Crippen LogP contribution in [0.1, 0.15) is 90.4 Å². The zero-order chi connectivity index (χ0) is 16.0. The summed E-state index contributed by atoms with van der Waals surface area (Å²) < 4.78 is 32.0. The van der Waals surface area contributed by atoms with Crippen molar-refractivity contribution in [2.24, 2.45) is 0 Å². The summed E-state index contributed by atoms with van der Waals surface area (Å²) in [6, 6.07) is 0. The molecule has 0 heterocycles. The summed E-state index contributed by atoms with van der Waals surface area (Å²) in [6.45, 7) is 2.39. The lowest BCUT2D eigenvalue weighted by Gasteiger charge is -2.13. The van der Waals surface area contributed by atoms with Crippen molar-refractivity contribution in [1.82, 2.24) is 0 Å². The van der Waals surface area contributed by atoms with Gasteiger partial charge in [0.05, 0.1) is 5.25 Å². The van der Waals surface area contributed by atoms with Crippen LogP contribution < -0.4 is 0 Å². The standard InChI is InChI=1S/C16H34O4S/c1-2-3-4-5-6-7-10-13-16(21(18,19)20)14-11-8-9-12-15-17/h16-17H,2-15H2,1H3,(H,18,19,20). The van der Waals surface area contributed by atoms with Crippen LogP contribution in [0.4, 0.5) is 0 Å². The molecule has 0 fully saturated rings. The minimum atomic E-state index is -3.91. The van der Waals surface area contributed by atoms with Gasteiger partial charge >= 0.3 is 0 Å². The number of aliphatic hydroxyl groups is 1. The topological polar surface area (TPSA) is 74.6 Å². The summed E-state index contributed by atoms with van der Waals surface area (Å²) in [6.07, 6.45) is 12.6. The summed E-state index contributed by atoms with van der Waals surface area (Å²) in [5, 5.41) is 8.09. The van der Waals surface area contributed by atoms with Gasteiger partial charge in [-0.2, -0.15) is 8.42 Å². The minimum Gasteiger partial charge on any atom is -0.396 e. The van der Waals surface area contributed by atoms with E-state index < -0.39 is 15.4 Å². The summed E-state index contributed by atoms with van der Waals surface area (Å²) in [5.74, 6) is 0. The van der Waals surface area contributed by atoms with E-state index in [9.17, 15) is 13.0 Å². The molecule has 4 nitrogen and oxygen atoms in total. The fraction of sp³-hybridized carbons (Fsp3) is 1.00. The van der Waals surface area contributed by atoms with E-state index in [4.69, 9.17) is 5.11 Å². The van der Waals surface area contributed by atoms with Crippen molar-refractivity contribution in [3.05, 3.63) is 0 Å². The van der Waals surface area contributed by atoms with Crippen LogP contribution in [-0.2, 0) is 10.1 Å². The van der Waals surface area contributed by atoms with Gasteiger partial charge in [0.25, 0.3) is 10.1 Å². The molecule has 5 heteroatoms. The van der Waals surface area contributed by atoms with Gasteiger partial charge in [-0.05, 0) is 19.3 Å². The summed E-state index contributed by atoms with van der Waals surface area (Å²) >= 11 is 0. The fourth-order valence-electron chi connectivity index (χ4n) is 2.61. The van der Waals surface area contributed by atoms with Gasteiger partial charge in [0.15, 0.2) is 0 Å². The second-order valence-corrected chi connectivity index (χ2v) is 7.67. The predicted molar refractivity (Wildman–Crippen MR) is 88.1 cm³/mol. The first-order valence-corrected chi connectivity index (χ1v) is 10.1. The third-order valence-corrected chi connectivity index (χ3v) is 5.30. The molecule has 0 saturated carbocycles. The Kier molecular flexibility index (Phi) is 13.4. The minimum absolute atomic E-state index is 0.194. The zero-order valence-electron chi connectivity index (χ0n) is 13.6. The fourth-order valence-corrected chi connectivity index (χ4v) is 3.54. The molecule has 0 spiro atoms. The van der Waals surface area contributed by atoms with Gasteiger partial charge in [-0.1, -0.05) is 71.1 Å². The van der Waals surface area contributed by atoms with Crippen molar-refractivity contribution in [1.29, 1.82) is 0 Å². The van der Waals surface area contributed by atoms with Crippen LogP contribution in [0.2, 0.25) is 0 Å². The largest absolute Gasteiger partial charge is 0.396 e. The lowest BCUT2D eigenvalue weighted by molar-refractivity contribution is 0.282. The van der Waals surface area contributed by atoms with Crippen molar-refractivity contribution in [3.63, 3.8) is 0 Å². The van der Waals surface area contributed by atoms with Crippen LogP contribution in [0.5, 0.6) is 0 Å². The second kappa shape index (κ2) is 13.5. The van der Waals surface area contributed by atoms with Crippen LogP contribution in [0, 0.1) is 0 Å². The Morgan fingerprint density at radius 2 is 1.19 bits per heavy atom. The molecule has 0 bridgehead atoms. The number of unbranched alkanes of at least 4 members (excludes halogenated alkanes) is 9. The lowest BCUT2D eigenvalue weighted by Crippen LogP contribution is -2.20. The molecule has 0 amide bonds. The molecule has 0 rings (SSSR count). The van der Waals surface area contributed by atoms with E-state index in [1.807, 2.05) is 0 Å². The van der Waals surface area contributed by atoms with Crippen molar-refractivity contribution in [2.75, 3.05) is 6.61 Å². The quantitative estimate of drug-likeness (QED) is 0.348. The first-order valence-electron chi connectivity index (χ1n) is 8.59. The maximum atomic E-state index is 11.4. The molecule has 0 aromatic carbocycles. The van der Waals surface area contributed by atoms with Gasteiger partial charge < -0.3 is 5.11 Å². The van der Waals surface area contributed by atoms with Gasteiger partial charge in [0.2, 0.25) is 0 Å². The highest BCUT2D eigenvalue weighted by Crippen LogP contribution is 2.18. The molecule has 0 saturated heterocycles. The molecule has 0 aromatic heterocycles. The van der Waals surface area contributed by atoms with Crippen molar-refractivity contribution in [2.45, 2.75) is 95.6 Å². The number of aliphatic hydroxyl groups excluding tert-OH is 1. The van der Waals surface area contributed by atoms with Crippen molar-refractivity contribution < 1.29 is 18.1 Å². The maximum Gasteiger partial charge on any atom is 0.267 e. The van der Waals surface area contributed by atoms with Gasteiger partial charge in [-0.15, -0.1) is 0 Å². The molecule has 2 N–H and O–H groups in total. The first-order chi connectivity index (χ1) is 10.0. The number of rotatable bonds is 15. The number of hydrogen-bond donors (Lipinski definition) is 2. The summed E-state index contributed by atoms with van der Waals surface area (Å²) in [7, 11) is -3.91. The molecular formula is C16H34O4S. The van der Waals surface area contributed by atoms with E-state index >= 15 is 0 Å². The molecule has 0 aliphatic carbocycles. The van der Waals surface area contributed by atoms with E-state index in [2.05, 4.69) is 6.92 Å². The van der Waals surface area contributed by atoms with Gasteiger partial charge in [0, 0.05) is 6.61 Å². The van der Waals surface area contributed by atoms with Gasteiger partial charge in [0.1, 0.15) is 0 Å². The van der Waals surface area contributed by atoms with Crippen molar-refractivity contribution in [3.8, 4) is 0 Å². The lowest BCUT2D eigenvalue weighted by atomic mass is 10.0. The van der Waals surface area contributed by atoms with Gasteiger partial charge in [-0.25, -0.2) is 0 Å². The van der Waals surface area contributed by atoms with E-state index in [0.717, 1.165) is 44.9 Å². The van der Waals surface area contributed by atoms with Gasteiger partial charge in [-0.3, -0.25) is 4.55 Å². The number of hydrogen-bond acceptors (Lipinski definition) is 3. The van der Waals surface area contributed by atoms with Crippen LogP contribution in [0.25, 0.3) is 0 Å². The second-order valence-electron chi connectivity index (χ2n) is 5.97. The summed E-state index contributed by atoms with van der Waals surface area (Å²) in [5.41, 5.74) is 0. The molecule has 128 valence electrons. The molecule has 1 unspecified atom stereocenters. The average Bonchev–Trinajstić information content (AvgIpc) is 2.42. The SMILES string of the molecule is CCCCCCCCCC(CCCCCCO)S(=O)(=O)O. The highest BCUT2D eigenvalue weighted by Gasteiger charge is 2.21. The maximum absolute atomic E-state index is 11.4. The Hall–Kier alpha value is -0.130. The van der Waals surface area contributed by atoms with Crippen LogP contribution >= 0.6 is 0 Å². The Bertz CT molecular complexity index is 314. The monoisotopic (exact) mass is 322 g/mol. The Morgan fingerprint density at radius 3 is 1.62 bits per heavy atom. The summed E-state index contributed by atoms with van der Waals surface area (Å²) in [4.78, 5) is 0. The predicted octanol–water partition coefficient (Wildman–Crippen LogP) is 4.33. The highest BCUT2D eigenvalue weighted by atomic mass is 32.2. The zero-order valence-corrected chi connectivity index (χ0v) is 14.4. The molecule has 0 aliphatic heterocycles. The van der Waals surface area contributed by atoms with Crippen LogP contribution in [0.3, 0.4) is 0 Å². The molecule has 21 heavy (non-hydrogen) atoms. The normalized spacial score (nSPS) is 13.5. The van der Waals surface area contributed by atoms with E-state index in [1.165, 1.54) is 25.7 Å².